The van der Waals surface area contributed by atoms with Gasteiger partial charge in [-0.2, -0.15) is 0 Å². The molecule has 158 valence electrons. The first kappa shape index (κ1) is 20.7. The maximum atomic E-state index is 13.6. The van der Waals surface area contributed by atoms with Crippen molar-refractivity contribution in [3.8, 4) is 0 Å². The van der Waals surface area contributed by atoms with Gasteiger partial charge in [-0.15, -0.1) is 0 Å². The molecule has 2 amide bonds. The second-order valence-electron chi connectivity index (χ2n) is 7.76. The molecule has 0 unspecified atom stereocenters. The zero-order valence-corrected chi connectivity index (χ0v) is 19.1. The van der Waals surface area contributed by atoms with Crippen molar-refractivity contribution in [1.29, 1.82) is 0 Å². The maximum absolute atomic E-state index is 13.6. The van der Waals surface area contributed by atoms with Crippen molar-refractivity contribution in [3.05, 3.63) is 100 Å². The smallest absolute Gasteiger partial charge is 0.271 e. The SMILES string of the molecule is Cc1cccc(N2C(=O)C(=C3C(=O)N(CCc4ccccc4)c4ccccc43)SC2=S)c1. The van der Waals surface area contributed by atoms with Gasteiger partial charge in [0.05, 0.1) is 21.9 Å². The molecule has 0 aromatic heterocycles. The number of amides is 2. The number of anilines is 2. The topological polar surface area (TPSA) is 40.6 Å². The number of rotatable bonds is 4. The number of para-hydroxylation sites is 1. The van der Waals surface area contributed by atoms with Gasteiger partial charge >= 0.3 is 0 Å². The summed E-state index contributed by atoms with van der Waals surface area (Å²) < 4.78 is 0.441. The van der Waals surface area contributed by atoms with E-state index in [1.54, 1.807) is 4.90 Å². The minimum atomic E-state index is -0.242. The lowest BCUT2D eigenvalue weighted by Gasteiger charge is -2.17. The van der Waals surface area contributed by atoms with Crippen molar-refractivity contribution in [2.24, 2.45) is 0 Å². The first-order chi connectivity index (χ1) is 15.5. The first-order valence-electron chi connectivity index (χ1n) is 10.4. The third-order valence-corrected chi connectivity index (χ3v) is 7.02. The van der Waals surface area contributed by atoms with Crippen LogP contribution >= 0.6 is 24.0 Å². The quantitative estimate of drug-likeness (QED) is 0.391. The molecule has 3 aromatic rings. The van der Waals surface area contributed by atoms with E-state index in [2.05, 4.69) is 12.1 Å². The highest BCUT2D eigenvalue weighted by Crippen LogP contribution is 2.45. The number of carbonyl (C=O) groups excluding carboxylic acids is 2. The predicted molar refractivity (Wildman–Crippen MR) is 135 cm³/mol. The summed E-state index contributed by atoms with van der Waals surface area (Å²) in [4.78, 5) is 30.7. The molecule has 3 aromatic carbocycles. The normalized spacial score (nSPS) is 18.0. The molecule has 0 spiro atoms. The summed E-state index contributed by atoms with van der Waals surface area (Å²) in [5.41, 5.74) is 5.00. The summed E-state index contributed by atoms with van der Waals surface area (Å²) >= 11 is 6.75. The monoisotopic (exact) mass is 456 g/mol. The van der Waals surface area contributed by atoms with Gasteiger partial charge in [-0.1, -0.05) is 84.6 Å². The molecule has 0 N–H and O–H groups in total. The van der Waals surface area contributed by atoms with Crippen LogP contribution in [0.15, 0.2) is 83.8 Å². The van der Waals surface area contributed by atoms with Crippen LogP contribution in [0, 0.1) is 6.92 Å². The largest absolute Gasteiger partial charge is 0.307 e. The number of aryl methyl sites for hydroxylation is 1. The second-order valence-corrected chi connectivity index (χ2v) is 9.41. The van der Waals surface area contributed by atoms with E-state index >= 15 is 0 Å². The van der Waals surface area contributed by atoms with Crippen molar-refractivity contribution < 1.29 is 9.59 Å². The van der Waals surface area contributed by atoms with Crippen LogP contribution in [0.3, 0.4) is 0 Å². The van der Waals surface area contributed by atoms with Crippen molar-refractivity contribution >= 4 is 57.1 Å². The van der Waals surface area contributed by atoms with Gasteiger partial charge in [0.25, 0.3) is 11.8 Å². The fraction of sp³-hybridized carbons (Fsp3) is 0.115. The molecule has 0 radical (unpaired) electrons. The third-order valence-electron chi connectivity index (χ3n) is 5.65. The van der Waals surface area contributed by atoms with E-state index in [0.717, 1.165) is 34.5 Å². The Morgan fingerprint density at radius 2 is 1.62 bits per heavy atom. The molecule has 1 saturated heterocycles. The van der Waals surface area contributed by atoms with Crippen LogP contribution in [-0.2, 0) is 16.0 Å². The molecule has 0 aliphatic carbocycles. The number of thioether (sulfide) groups is 1. The van der Waals surface area contributed by atoms with Gasteiger partial charge in [-0.25, -0.2) is 0 Å². The Hall–Kier alpha value is -3.22. The minimum absolute atomic E-state index is 0.146. The van der Waals surface area contributed by atoms with Gasteiger partial charge in [-0.3, -0.25) is 14.5 Å². The Labute approximate surface area is 196 Å². The zero-order valence-electron chi connectivity index (χ0n) is 17.4. The average Bonchev–Trinajstić information content (AvgIpc) is 3.24. The lowest BCUT2D eigenvalue weighted by Crippen LogP contribution is -2.30. The molecule has 5 rings (SSSR count). The van der Waals surface area contributed by atoms with E-state index in [9.17, 15) is 9.59 Å². The van der Waals surface area contributed by atoms with Crippen LogP contribution in [0.1, 0.15) is 16.7 Å². The van der Waals surface area contributed by atoms with Crippen molar-refractivity contribution in [2.45, 2.75) is 13.3 Å². The summed E-state index contributed by atoms with van der Waals surface area (Å²) in [5, 5.41) is 0. The van der Waals surface area contributed by atoms with Crippen LogP contribution in [0.4, 0.5) is 11.4 Å². The number of hydrogen-bond acceptors (Lipinski definition) is 4. The summed E-state index contributed by atoms with van der Waals surface area (Å²) in [7, 11) is 0. The van der Waals surface area contributed by atoms with Crippen LogP contribution in [-0.4, -0.2) is 22.7 Å². The second kappa shape index (κ2) is 8.37. The summed E-state index contributed by atoms with van der Waals surface area (Å²) in [6.07, 6.45) is 0.735. The number of thiocarbonyl (C=S) groups is 1. The first-order valence-corrected chi connectivity index (χ1v) is 11.6. The van der Waals surface area contributed by atoms with E-state index in [4.69, 9.17) is 12.2 Å². The number of nitrogens with zero attached hydrogens (tertiary/aromatic N) is 2. The Morgan fingerprint density at radius 3 is 2.41 bits per heavy atom. The zero-order chi connectivity index (χ0) is 22.2. The minimum Gasteiger partial charge on any atom is -0.307 e. The lowest BCUT2D eigenvalue weighted by atomic mass is 10.1. The lowest BCUT2D eigenvalue weighted by molar-refractivity contribution is -0.115. The number of hydrogen-bond donors (Lipinski definition) is 0. The number of fused-ring (bicyclic) bond motifs is 1. The van der Waals surface area contributed by atoms with E-state index in [-0.39, 0.29) is 11.8 Å². The maximum Gasteiger partial charge on any atom is 0.271 e. The average molecular weight is 457 g/mol. The Bertz CT molecular complexity index is 1280. The van der Waals surface area contributed by atoms with Gasteiger partial charge in [0.2, 0.25) is 0 Å². The van der Waals surface area contributed by atoms with E-state index < -0.39 is 0 Å². The van der Waals surface area contributed by atoms with Crippen LogP contribution in [0.25, 0.3) is 5.57 Å². The van der Waals surface area contributed by atoms with E-state index in [1.165, 1.54) is 16.7 Å². The van der Waals surface area contributed by atoms with E-state index in [1.807, 2.05) is 73.7 Å². The molecule has 0 bridgehead atoms. The van der Waals surface area contributed by atoms with Crippen molar-refractivity contribution in [1.82, 2.24) is 0 Å². The highest BCUT2D eigenvalue weighted by molar-refractivity contribution is 8.27. The standard InChI is InChI=1S/C26H20N2O2S2/c1-17-8-7-11-19(16-17)28-25(30)23(32-26(28)31)22-20-12-5-6-13-21(20)27(24(22)29)15-14-18-9-3-2-4-10-18/h2-13,16H,14-15H2,1H3. The van der Waals surface area contributed by atoms with Gasteiger partial charge in [-0.05, 0) is 42.7 Å². The Kier molecular flexibility index (Phi) is 5.41. The van der Waals surface area contributed by atoms with Crippen LogP contribution in [0.2, 0.25) is 0 Å². The van der Waals surface area contributed by atoms with Crippen molar-refractivity contribution in [2.75, 3.05) is 16.3 Å². The molecule has 4 nitrogen and oxygen atoms in total. The van der Waals surface area contributed by atoms with Gasteiger partial charge < -0.3 is 4.90 Å². The summed E-state index contributed by atoms with van der Waals surface area (Å²) in [5.74, 6) is -0.388. The molecule has 1 fully saturated rings. The highest BCUT2D eigenvalue weighted by Gasteiger charge is 2.42. The molecule has 6 heteroatoms. The van der Waals surface area contributed by atoms with E-state index in [0.29, 0.717) is 21.3 Å². The van der Waals surface area contributed by atoms with Gasteiger partial charge in [0.1, 0.15) is 0 Å². The Morgan fingerprint density at radius 1 is 0.875 bits per heavy atom. The molecule has 0 atom stereocenters. The molecular weight excluding hydrogens is 436 g/mol. The predicted octanol–water partition coefficient (Wildman–Crippen LogP) is 5.36. The number of benzene rings is 3. The fourth-order valence-corrected chi connectivity index (χ4v) is 5.49. The molecule has 2 heterocycles. The molecule has 32 heavy (non-hydrogen) atoms. The fourth-order valence-electron chi connectivity index (χ4n) is 4.12. The summed E-state index contributed by atoms with van der Waals surface area (Å²) in [6.45, 7) is 2.52. The molecule has 2 aliphatic heterocycles. The van der Waals surface area contributed by atoms with Crippen LogP contribution < -0.4 is 9.80 Å². The molecule has 0 saturated carbocycles. The van der Waals surface area contributed by atoms with Crippen molar-refractivity contribution in [3.63, 3.8) is 0 Å². The molecule has 2 aliphatic rings. The Balaban J connectivity index is 1.52. The van der Waals surface area contributed by atoms with Gasteiger partial charge in [0.15, 0.2) is 4.32 Å². The number of carbonyl (C=O) groups is 2. The van der Waals surface area contributed by atoms with Crippen LogP contribution in [0.5, 0.6) is 0 Å². The third kappa shape index (κ3) is 3.55. The highest BCUT2D eigenvalue weighted by atomic mass is 32.2. The van der Waals surface area contributed by atoms with Gasteiger partial charge in [0, 0.05) is 12.1 Å². The molecular formula is C26H20N2O2S2. The summed E-state index contributed by atoms with van der Waals surface area (Å²) in [6, 6.07) is 25.4.